The zero-order valence-corrected chi connectivity index (χ0v) is 19.1. The number of carboxylic acid groups (broad SMARTS) is 1. The quantitative estimate of drug-likeness (QED) is 0.506. The van der Waals surface area contributed by atoms with E-state index in [1.54, 1.807) is 36.4 Å². The topological polar surface area (TPSA) is 122 Å². The Morgan fingerprint density at radius 3 is 2.62 bits per heavy atom. The smallest absolute Gasteiger partial charge is 0.341 e. The number of ether oxygens (including phenoxy) is 2. The molecule has 2 N–H and O–H groups in total. The number of methoxy groups -OCH3 is 1. The molecule has 166 valence electrons. The molecule has 1 heterocycles. The number of amides is 3. The number of nitrogens with zero attached hydrogens (tertiary/aromatic N) is 1. The van der Waals surface area contributed by atoms with Crippen LogP contribution >= 0.6 is 27.7 Å². The maximum absolute atomic E-state index is 12.7. The Bertz CT molecular complexity index is 1120. The second kappa shape index (κ2) is 10.3. The SMILES string of the molecule is COc1cc(/C=C2/SC(=O)N(CC(=O)Nc3ccccc3Br)C2=O)ccc1OCC(=O)O. The molecular weight excluding hydrogens is 504 g/mol. The second-order valence-electron chi connectivity index (χ2n) is 6.39. The molecule has 0 saturated carbocycles. The number of hydrogen-bond donors (Lipinski definition) is 2. The third-order valence-electron chi connectivity index (χ3n) is 4.16. The van der Waals surface area contributed by atoms with Crippen LogP contribution in [-0.2, 0) is 14.4 Å². The summed E-state index contributed by atoms with van der Waals surface area (Å²) in [6.45, 7) is -0.954. The van der Waals surface area contributed by atoms with Gasteiger partial charge in [-0.25, -0.2) is 4.79 Å². The van der Waals surface area contributed by atoms with Crippen LogP contribution in [0.2, 0.25) is 0 Å². The van der Waals surface area contributed by atoms with Crippen LogP contribution in [0, 0.1) is 0 Å². The van der Waals surface area contributed by atoms with E-state index in [1.165, 1.54) is 19.3 Å². The number of thioether (sulfide) groups is 1. The van der Waals surface area contributed by atoms with Crippen molar-refractivity contribution in [2.75, 3.05) is 25.6 Å². The van der Waals surface area contributed by atoms with Crippen LogP contribution in [0.5, 0.6) is 11.5 Å². The molecule has 3 rings (SSSR count). The minimum atomic E-state index is -1.13. The summed E-state index contributed by atoms with van der Waals surface area (Å²) in [6.07, 6.45) is 1.49. The molecule has 0 spiro atoms. The molecular formula is C21H17BrN2O7S. The number of hydrogen-bond acceptors (Lipinski definition) is 7. The number of halogens is 1. The summed E-state index contributed by atoms with van der Waals surface area (Å²) in [5.74, 6) is -1.74. The first kappa shape index (κ1) is 23.4. The largest absolute Gasteiger partial charge is 0.493 e. The molecule has 1 aliphatic rings. The van der Waals surface area contributed by atoms with Gasteiger partial charge in [0.1, 0.15) is 6.54 Å². The van der Waals surface area contributed by atoms with Gasteiger partial charge in [0.05, 0.1) is 17.7 Å². The van der Waals surface area contributed by atoms with Crippen LogP contribution in [0.15, 0.2) is 51.8 Å². The highest BCUT2D eigenvalue weighted by Crippen LogP contribution is 2.34. The molecule has 1 aliphatic heterocycles. The number of anilines is 1. The van der Waals surface area contributed by atoms with Crippen molar-refractivity contribution in [2.45, 2.75) is 0 Å². The highest BCUT2D eigenvalue weighted by atomic mass is 79.9. The fraction of sp³-hybridized carbons (Fsp3) is 0.143. The summed E-state index contributed by atoms with van der Waals surface area (Å²) in [7, 11) is 1.39. The number of aliphatic carboxylic acids is 1. The van der Waals surface area contributed by atoms with Crippen molar-refractivity contribution in [1.82, 2.24) is 4.90 Å². The summed E-state index contributed by atoms with van der Waals surface area (Å²) in [4.78, 5) is 49.0. The van der Waals surface area contributed by atoms with Crippen molar-refractivity contribution < 1.29 is 33.8 Å². The van der Waals surface area contributed by atoms with E-state index < -0.39 is 36.2 Å². The van der Waals surface area contributed by atoms with Crippen LogP contribution in [0.4, 0.5) is 10.5 Å². The van der Waals surface area contributed by atoms with Gasteiger partial charge in [-0.3, -0.25) is 19.3 Å². The van der Waals surface area contributed by atoms with E-state index >= 15 is 0 Å². The Kier molecular flexibility index (Phi) is 7.54. The fourth-order valence-corrected chi connectivity index (χ4v) is 3.94. The van der Waals surface area contributed by atoms with E-state index in [4.69, 9.17) is 14.6 Å². The minimum absolute atomic E-state index is 0.143. The summed E-state index contributed by atoms with van der Waals surface area (Å²) in [5, 5.41) is 10.8. The average Bonchev–Trinajstić information content (AvgIpc) is 3.01. The Balaban J connectivity index is 1.71. The van der Waals surface area contributed by atoms with Gasteiger partial charge >= 0.3 is 5.97 Å². The molecule has 2 aromatic rings. The summed E-state index contributed by atoms with van der Waals surface area (Å²) >= 11 is 4.04. The first-order valence-corrected chi connectivity index (χ1v) is 10.7. The monoisotopic (exact) mass is 520 g/mol. The highest BCUT2D eigenvalue weighted by molar-refractivity contribution is 9.10. The summed E-state index contributed by atoms with van der Waals surface area (Å²) in [5.41, 5.74) is 1.06. The van der Waals surface area contributed by atoms with Crippen molar-refractivity contribution in [1.29, 1.82) is 0 Å². The zero-order valence-electron chi connectivity index (χ0n) is 16.7. The van der Waals surface area contributed by atoms with Gasteiger partial charge in [0, 0.05) is 4.47 Å². The summed E-state index contributed by atoms with van der Waals surface area (Å²) in [6, 6.07) is 11.6. The van der Waals surface area contributed by atoms with Gasteiger partial charge in [-0.2, -0.15) is 0 Å². The number of para-hydroxylation sites is 1. The Hall–Kier alpha value is -3.31. The molecule has 0 bridgehead atoms. The number of carbonyl (C=O) groups is 4. The van der Waals surface area contributed by atoms with Crippen molar-refractivity contribution in [2.24, 2.45) is 0 Å². The van der Waals surface area contributed by atoms with Crippen LogP contribution in [0.25, 0.3) is 6.08 Å². The van der Waals surface area contributed by atoms with E-state index in [-0.39, 0.29) is 16.4 Å². The Morgan fingerprint density at radius 2 is 1.94 bits per heavy atom. The summed E-state index contributed by atoms with van der Waals surface area (Å²) < 4.78 is 11.0. The molecule has 11 heteroatoms. The number of carboxylic acids is 1. The lowest BCUT2D eigenvalue weighted by atomic mass is 10.2. The van der Waals surface area contributed by atoms with Gasteiger partial charge in [-0.15, -0.1) is 0 Å². The van der Waals surface area contributed by atoms with Gasteiger partial charge in [-0.1, -0.05) is 18.2 Å². The molecule has 0 atom stereocenters. The standard InChI is InChI=1S/C21H17BrN2O7S/c1-30-16-8-12(6-7-15(16)31-11-19(26)27)9-17-20(28)24(21(29)32-17)10-18(25)23-14-5-3-2-4-13(14)22/h2-9H,10-11H2,1H3,(H,23,25)(H,26,27)/b17-9+. The van der Waals surface area contributed by atoms with Gasteiger partial charge in [0.15, 0.2) is 18.1 Å². The minimum Gasteiger partial charge on any atom is -0.493 e. The lowest BCUT2D eigenvalue weighted by Gasteiger charge is -2.13. The molecule has 32 heavy (non-hydrogen) atoms. The Morgan fingerprint density at radius 1 is 1.19 bits per heavy atom. The normalized spacial score (nSPS) is 14.6. The lowest BCUT2D eigenvalue weighted by molar-refractivity contribution is -0.139. The van der Waals surface area contributed by atoms with E-state index in [0.29, 0.717) is 15.7 Å². The van der Waals surface area contributed by atoms with E-state index in [1.807, 2.05) is 0 Å². The number of rotatable bonds is 8. The molecule has 9 nitrogen and oxygen atoms in total. The van der Waals surface area contributed by atoms with Crippen molar-refractivity contribution in [3.8, 4) is 11.5 Å². The molecule has 0 aliphatic carbocycles. The third-order valence-corrected chi connectivity index (χ3v) is 5.76. The zero-order chi connectivity index (χ0) is 23.3. The lowest BCUT2D eigenvalue weighted by Crippen LogP contribution is -2.36. The molecule has 2 aromatic carbocycles. The molecule has 0 radical (unpaired) electrons. The number of nitrogens with one attached hydrogen (secondary N) is 1. The van der Waals surface area contributed by atoms with Gasteiger partial charge in [0.25, 0.3) is 11.1 Å². The van der Waals surface area contributed by atoms with E-state index in [0.717, 1.165) is 16.7 Å². The fourth-order valence-electron chi connectivity index (χ4n) is 2.72. The Labute approximate surface area is 195 Å². The predicted molar refractivity (Wildman–Crippen MR) is 122 cm³/mol. The maximum atomic E-state index is 12.7. The number of carbonyl (C=O) groups excluding carboxylic acids is 3. The van der Waals surface area contributed by atoms with Crippen molar-refractivity contribution in [3.05, 3.63) is 57.4 Å². The third kappa shape index (κ3) is 5.68. The second-order valence-corrected chi connectivity index (χ2v) is 8.24. The number of imide groups is 1. The first-order valence-electron chi connectivity index (χ1n) is 9.11. The van der Waals surface area contributed by atoms with Crippen LogP contribution in [0.3, 0.4) is 0 Å². The molecule has 0 unspecified atom stereocenters. The van der Waals surface area contributed by atoms with Gasteiger partial charge < -0.3 is 19.9 Å². The van der Waals surface area contributed by atoms with Crippen molar-refractivity contribution in [3.63, 3.8) is 0 Å². The molecule has 1 fully saturated rings. The van der Waals surface area contributed by atoms with E-state index in [9.17, 15) is 19.2 Å². The van der Waals surface area contributed by atoms with Gasteiger partial charge in [-0.05, 0) is 63.6 Å². The van der Waals surface area contributed by atoms with Crippen LogP contribution < -0.4 is 14.8 Å². The van der Waals surface area contributed by atoms with Crippen LogP contribution in [0.1, 0.15) is 5.56 Å². The number of benzene rings is 2. The molecule has 1 saturated heterocycles. The van der Waals surface area contributed by atoms with E-state index in [2.05, 4.69) is 21.2 Å². The van der Waals surface area contributed by atoms with Crippen LogP contribution in [-0.4, -0.2) is 53.3 Å². The van der Waals surface area contributed by atoms with Gasteiger partial charge in [0.2, 0.25) is 5.91 Å². The molecule has 3 amide bonds. The predicted octanol–water partition coefficient (Wildman–Crippen LogP) is 3.60. The first-order chi connectivity index (χ1) is 15.3. The maximum Gasteiger partial charge on any atom is 0.341 e. The molecule has 0 aromatic heterocycles. The van der Waals surface area contributed by atoms with Crippen molar-refractivity contribution >= 4 is 62.5 Å². The average molecular weight is 521 g/mol. The highest BCUT2D eigenvalue weighted by Gasteiger charge is 2.36.